The van der Waals surface area contributed by atoms with Crippen molar-refractivity contribution in [3.63, 3.8) is 0 Å². The third kappa shape index (κ3) is 3.93. The second kappa shape index (κ2) is 7.05. The molecule has 0 aromatic heterocycles. The summed E-state index contributed by atoms with van der Waals surface area (Å²) >= 11 is 0. The predicted octanol–water partition coefficient (Wildman–Crippen LogP) is 2.80. The molecule has 0 amide bonds. The van der Waals surface area contributed by atoms with E-state index in [2.05, 4.69) is 31.0 Å². The lowest BCUT2D eigenvalue weighted by molar-refractivity contribution is -0.0797. The Balaban J connectivity index is 2.07. The lowest BCUT2D eigenvalue weighted by atomic mass is 9.93. The Bertz CT molecular complexity index is 267. The summed E-state index contributed by atoms with van der Waals surface area (Å²) in [4.78, 5) is 2.73. The minimum atomic E-state index is 0.194. The van der Waals surface area contributed by atoms with Gasteiger partial charge in [-0.1, -0.05) is 26.2 Å². The SMILES string of the molecule is CCCNC1CCCCCC1N1CCOCC1(C)C. The van der Waals surface area contributed by atoms with Gasteiger partial charge in [0, 0.05) is 24.2 Å². The van der Waals surface area contributed by atoms with Crippen LogP contribution in [0.1, 0.15) is 59.3 Å². The second-order valence-electron chi connectivity index (χ2n) is 6.82. The van der Waals surface area contributed by atoms with Crippen LogP contribution in [0, 0.1) is 0 Å². The molecule has 1 saturated carbocycles. The van der Waals surface area contributed by atoms with Crippen molar-refractivity contribution in [3.05, 3.63) is 0 Å². The van der Waals surface area contributed by atoms with Crippen LogP contribution in [0.3, 0.4) is 0 Å². The molecule has 1 aliphatic heterocycles. The highest BCUT2D eigenvalue weighted by Gasteiger charge is 2.38. The van der Waals surface area contributed by atoms with Crippen LogP contribution in [0.5, 0.6) is 0 Å². The third-order valence-corrected chi connectivity index (χ3v) is 4.75. The van der Waals surface area contributed by atoms with Gasteiger partial charge in [0.2, 0.25) is 0 Å². The molecule has 1 aliphatic carbocycles. The van der Waals surface area contributed by atoms with Gasteiger partial charge in [-0.05, 0) is 39.7 Å². The zero-order valence-electron chi connectivity index (χ0n) is 13.1. The van der Waals surface area contributed by atoms with Crippen LogP contribution in [0.25, 0.3) is 0 Å². The van der Waals surface area contributed by atoms with Crippen molar-refractivity contribution in [1.29, 1.82) is 0 Å². The van der Waals surface area contributed by atoms with Crippen LogP contribution in [0.2, 0.25) is 0 Å². The molecular weight excluding hydrogens is 236 g/mol. The average Bonchev–Trinajstić information content (AvgIpc) is 2.61. The highest BCUT2D eigenvalue weighted by atomic mass is 16.5. The second-order valence-corrected chi connectivity index (χ2v) is 6.82. The minimum Gasteiger partial charge on any atom is -0.378 e. The van der Waals surface area contributed by atoms with E-state index in [9.17, 15) is 0 Å². The number of rotatable bonds is 4. The molecule has 2 unspecified atom stereocenters. The fourth-order valence-corrected chi connectivity index (χ4v) is 3.71. The predicted molar refractivity (Wildman–Crippen MR) is 80.6 cm³/mol. The number of morpholine rings is 1. The zero-order valence-corrected chi connectivity index (χ0v) is 13.1. The van der Waals surface area contributed by atoms with E-state index in [4.69, 9.17) is 4.74 Å². The molecule has 3 nitrogen and oxygen atoms in total. The zero-order chi connectivity index (χ0) is 13.7. The summed E-state index contributed by atoms with van der Waals surface area (Å²) in [5.74, 6) is 0. The molecule has 3 heteroatoms. The molecule has 2 rings (SSSR count). The molecule has 0 aromatic carbocycles. The van der Waals surface area contributed by atoms with Gasteiger partial charge in [0.15, 0.2) is 0 Å². The quantitative estimate of drug-likeness (QED) is 0.794. The van der Waals surface area contributed by atoms with E-state index < -0.39 is 0 Å². The van der Waals surface area contributed by atoms with Crippen LogP contribution in [-0.2, 0) is 4.74 Å². The fraction of sp³-hybridized carbons (Fsp3) is 1.00. The Hall–Kier alpha value is -0.120. The van der Waals surface area contributed by atoms with E-state index in [0.29, 0.717) is 12.1 Å². The van der Waals surface area contributed by atoms with Crippen LogP contribution < -0.4 is 5.32 Å². The first-order valence-electron chi connectivity index (χ1n) is 8.23. The first kappa shape index (κ1) is 15.3. The van der Waals surface area contributed by atoms with Gasteiger partial charge in [-0.15, -0.1) is 0 Å². The van der Waals surface area contributed by atoms with Crippen molar-refractivity contribution >= 4 is 0 Å². The molecule has 1 saturated heterocycles. The summed E-state index contributed by atoms with van der Waals surface area (Å²) in [6, 6.07) is 1.38. The maximum Gasteiger partial charge on any atom is 0.0645 e. The van der Waals surface area contributed by atoms with Gasteiger partial charge >= 0.3 is 0 Å². The minimum absolute atomic E-state index is 0.194. The normalized spacial score (nSPS) is 33.0. The number of ether oxygens (including phenoxy) is 1. The van der Waals surface area contributed by atoms with Gasteiger partial charge in [0.1, 0.15) is 0 Å². The lowest BCUT2D eigenvalue weighted by Gasteiger charge is -2.49. The van der Waals surface area contributed by atoms with Crippen molar-refractivity contribution in [2.45, 2.75) is 76.9 Å². The maximum atomic E-state index is 5.69. The van der Waals surface area contributed by atoms with Crippen molar-refractivity contribution in [3.8, 4) is 0 Å². The molecule has 19 heavy (non-hydrogen) atoms. The van der Waals surface area contributed by atoms with Crippen LogP contribution in [0.15, 0.2) is 0 Å². The van der Waals surface area contributed by atoms with Gasteiger partial charge in [-0.25, -0.2) is 0 Å². The molecule has 2 atom stereocenters. The van der Waals surface area contributed by atoms with Crippen molar-refractivity contribution in [2.75, 3.05) is 26.3 Å². The Labute approximate surface area is 119 Å². The summed E-state index contributed by atoms with van der Waals surface area (Å²) in [6.45, 7) is 11.0. The Kier molecular flexibility index (Phi) is 5.67. The standard InChI is InChI=1S/C16H32N2O/c1-4-10-17-14-8-6-5-7-9-15(14)18-11-12-19-13-16(18,2)3/h14-15,17H,4-13H2,1-3H3. The van der Waals surface area contributed by atoms with Gasteiger partial charge in [-0.2, -0.15) is 0 Å². The Morgan fingerprint density at radius 2 is 2.00 bits per heavy atom. The number of hydrogen-bond acceptors (Lipinski definition) is 3. The Morgan fingerprint density at radius 3 is 2.74 bits per heavy atom. The van der Waals surface area contributed by atoms with Crippen molar-refractivity contribution in [1.82, 2.24) is 10.2 Å². The van der Waals surface area contributed by atoms with E-state index in [1.165, 1.54) is 38.5 Å². The molecule has 0 spiro atoms. The average molecular weight is 268 g/mol. The highest BCUT2D eigenvalue weighted by molar-refractivity contribution is 4.95. The van der Waals surface area contributed by atoms with Gasteiger partial charge < -0.3 is 10.1 Å². The molecule has 112 valence electrons. The van der Waals surface area contributed by atoms with Gasteiger partial charge in [-0.3, -0.25) is 4.90 Å². The summed E-state index contributed by atoms with van der Waals surface area (Å²) in [7, 11) is 0. The number of hydrogen-bond donors (Lipinski definition) is 1. The fourth-order valence-electron chi connectivity index (χ4n) is 3.71. The van der Waals surface area contributed by atoms with Gasteiger partial charge in [0.25, 0.3) is 0 Å². The largest absolute Gasteiger partial charge is 0.378 e. The summed E-state index contributed by atoms with van der Waals surface area (Å²) in [5.41, 5.74) is 0.194. The molecule has 1 heterocycles. The van der Waals surface area contributed by atoms with E-state index in [-0.39, 0.29) is 5.54 Å². The van der Waals surface area contributed by atoms with Crippen molar-refractivity contribution < 1.29 is 4.74 Å². The molecule has 1 N–H and O–H groups in total. The summed E-state index contributed by atoms with van der Waals surface area (Å²) in [6.07, 6.45) is 8.12. The molecule has 2 aliphatic rings. The summed E-state index contributed by atoms with van der Waals surface area (Å²) < 4.78 is 5.69. The molecule has 2 fully saturated rings. The highest BCUT2D eigenvalue weighted by Crippen LogP contribution is 2.29. The Morgan fingerprint density at radius 1 is 1.21 bits per heavy atom. The topological polar surface area (TPSA) is 24.5 Å². The maximum absolute atomic E-state index is 5.69. The lowest BCUT2D eigenvalue weighted by Crippen LogP contribution is -2.62. The van der Waals surface area contributed by atoms with Crippen LogP contribution >= 0.6 is 0 Å². The third-order valence-electron chi connectivity index (χ3n) is 4.75. The van der Waals surface area contributed by atoms with Crippen LogP contribution in [0.4, 0.5) is 0 Å². The smallest absolute Gasteiger partial charge is 0.0645 e. The molecule has 0 radical (unpaired) electrons. The first-order valence-corrected chi connectivity index (χ1v) is 8.23. The molecular formula is C16H32N2O. The number of nitrogens with one attached hydrogen (secondary N) is 1. The van der Waals surface area contributed by atoms with E-state index >= 15 is 0 Å². The monoisotopic (exact) mass is 268 g/mol. The molecule has 0 aromatic rings. The van der Waals surface area contributed by atoms with Gasteiger partial charge in [0.05, 0.1) is 13.2 Å². The summed E-state index contributed by atoms with van der Waals surface area (Å²) in [5, 5.41) is 3.81. The first-order chi connectivity index (χ1) is 9.15. The number of nitrogens with zero attached hydrogens (tertiary/aromatic N) is 1. The van der Waals surface area contributed by atoms with E-state index in [1.807, 2.05) is 0 Å². The van der Waals surface area contributed by atoms with E-state index in [0.717, 1.165) is 26.3 Å². The molecule has 0 bridgehead atoms. The van der Waals surface area contributed by atoms with E-state index in [1.54, 1.807) is 0 Å². The van der Waals surface area contributed by atoms with Crippen LogP contribution in [-0.4, -0.2) is 48.8 Å². The van der Waals surface area contributed by atoms with Crippen molar-refractivity contribution in [2.24, 2.45) is 0 Å².